The zero-order valence-corrected chi connectivity index (χ0v) is 20.2. The van der Waals surface area contributed by atoms with Crippen LogP contribution in [-0.2, 0) is 11.3 Å². The Labute approximate surface area is 217 Å². The van der Waals surface area contributed by atoms with E-state index in [2.05, 4.69) is 30.0 Å². The summed E-state index contributed by atoms with van der Waals surface area (Å²) in [4.78, 5) is 13.9. The van der Waals surface area contributed by atoms with Gasteiger partial charge < -0.3 is 24.5 Å². The molecule has 0 saturated carbocycles. The number of nitrogens with zero attached hydrogens (tertiary/aromatic N) is 8. The molecule has 37 heavy (non-hydrogen) atoms. The van der Waals surface area contributed by atoms with Crippen molar-refractivity contribution in [1.29, 1.82) is 0 Å². The molecule has 12 heteroatoms. The highest BCUT2D eigenvalue weighted by atomic mass is 16.5. The summed E-state index contributed by atoms with van der Waals surface area (Å²) in [6, 6.07) is 11.4. The summed E-state index contributed by atoms with van der Waals surface area (Å²) in [5.74, 6) is 1.92. The van der Waals surface area contributed by atoms with Crippen molar-refractivity contribution in [1.82, 2.24) is 34.3 Å². The molecule has 1 aliphatic heterocycles. The number of aromatic nitrogens is 6. The highest BCUT2D eigenvalue weighted by molar-refractivity contribution is 5.90. The van der Waals surface area contributed by atoms with Crippen molar-refractivity contribution in [3.63, 3.8) is 0 Å². The van der Waals surface area contributed by atoms with E-state index in [1.807, 2.05) is 28.9 Å². The van der Waals surface area contributed by atoms with Crippen LogP contribution in [0.25, 0.3) is 28.3 Å². The summed E-state index contributed by atoms with van der Waals surface area (Å²) in [5, 5.41) is 9.78. The molecule has 0 radical (unpaired) electrons. The van der Waals surface area contributed by atoms with Crippen LogP contribution in [-0.4, -0.2) is 87.2 Å². The smallest absolute Gasteiger partial charge is 0.225 e. The number of methoxy groups -OCH3 is 1. The quantitative estimate of drug-likeness (QED) is 0.297. The number of ether oxygens (including phenoxy) is 2. The van der Waals surface area contributed by atoms with E-state index in [1.54, 1.807) is 24.6 Å². The molecule has 5 heterocycles. The number of rotatable bonds is 9. The van der Waals surface area contributed by atoms with Crippen LogP contribution in [0.4, 0.5) is 11.6 Å². The summed E-state index contributed by atoms with van der Waals surface area (Å²) in [6.07, 6.45) is 3.33. The highest BCUT2D eigenvalue weighted by Gasteiger charge is 2.20. The van der Waals surface area contributed by atoms with Crippen molar-refractivity contribution < 1.29 is 18.0 Å². The molecule has 0 unspecified atom stereocenters. The molecule has 4 aromatic heterocycles. The van der Waals surface area contributed by atoms with Gasteiger partial charge in [-0.3, -0.25) is 4.90 Å². The lowest BCUT2D eigenvalue weighted by Gasteiger charge is -2.36. The van der Waals surface area contributed by atoms with E-state index in [9.17, 15) is 0 Å². The zero-order valence-electron chi connectivity index (χ0n) is 23.2. The molecule has 0 spiro atoms. The topological polar surface area (TPSA) is 125 Å². The van der Waals surface area contributed by atoms with E-state index in [0.29, 0.717) is 35.2 Å². The third kappa shape index (κ3) is 4.68. The Balaban J connectivity index is 1.03. The lowest BCUT2D eigenvalue weighted by molar-refractivity contribution is 0.146. The number of hydrogen-bond donors (Lipinski definition) is 1. The summed E-state index contributed by atoms with van der Waals surface area (Å²) in [5.41, 5.74) is 8.60. The molecule has 1 fully saturated rings. The van der Waals surface area contributed by atoms with Crippen LogP contribution < -0.4 is 15.4 Å². The lowest BCUT2D eigenvalue weighted by Crippen LogP contribution is -2.47. The van der Waals surface area contributed by atoms with Crippen LogP contribution in [0.1, 0.15) is 4.11 Å². The van der Waals surface area contributed by atoms with Gasteiger partial charge in [-0.25, -0.2) is 9.67 Å². The van der Waals surface area contributed by atoms with E-state index >= 15 is 0 Å². The minimum Gasteiger partial charge on any atom is -0.491 e. The van der Waals surface area contributed by atoms with Gasteiger partial charge in [0.05, 0.1) is 35.1 Å². The summed E-state index contributed by atoms with van der Waals surface area (Å²) in [7, 11) is -2.40. The number of nitrogen functional groups attached to an aromatic ring is 1. The molecule has 0 bridgehead atoms. The summed E-state index contributed by atoms with van der Waals surface area (Å²) < 4.78 is 40.2. The Bertz CT molecular complexity index is 1570. The van der Waals surface area contributed by atoms with Gasteiger partial charge in [-0.2, -0.15) is 14.6 Å². The number of nitrogens with two attached hydrogens (primary N) is 1. The number of fused-ring (bicyclic) bond motifs is 3. The van der Waals surface area contributed by atoms with E-state index < -0.39 is 7.04 Å². The SMILES string of the molecule is [2H]C([2H])([2H])OCCOc1ccc(N2CCN(CCn3ncc4c3nc(N)n3nc(-c5ccco5)nc43)CC2)cc1. The second-order valence-electron chi connectivity index (χ2n) is 8.74. The van der Waals surface area contributed by atoms with Gasteiger partial charge in [0.2, 0.25) is 11.8 Å². The molecule has 0 amide bonds. The first-order valence-electron chi connectivity index (χ1n) is 13.6. The molecular weight excluding hydrogens is 474 g/mol. The van der Waals surface area contributed by atoms with Gasteiger partial charge in [0, 0.05) is 45.4 Å². The minimum absolute atomic E-state index is 0.00953. The first kappa shape index (κ1) is 20.0. The first-order chi connectivity index (χ1) is 19.3. The number of furan rings is 1. The zero-order chi connectivity index (χ0) is 27.7. The Morgan fingerprint density at radius 3 is 2.68 bits per heavy atom. The first-order valence-corrected chi connectivity index (χ1v) is 12.1. The molecule has 1 aliphatic rings. The van der Waals surface area contributed by atoms with Crippen LogP contribution in [0.2, 0.25) is 0 Å². The van der Waals surface area contributed by atoms with Gasteiger partial charge in [-0.05, 0) is 36.4 Å². The maximum Gasteiger partial charge on any atom is 0.225 e. The Hall–Kier alpha value is -4.16. The number of hydrogen-bond acceptors (Lipinski definition) is 10. The lowest BCUT2D eigenvalue weighted by atomic mass is 10.2. The molecule has 0 atom stereocenters. The second-order valence-corrected chi connectivity index (χ2v) is 8.74. The van der Waals surface area contributed by atoms with Crippen molar-refractivity contribution >= 4 is 28.3 Å². The average molecular weight is 507 g/mol. The van der Waals surface area contributed by atoms with Crippen LogP contribution >= 0.6 is 0 Å². The molecule has 192 valence electrons. The normalized spacial score (nSPS) is 16.2. The Morgan fingerprint density at radius 1 is 1.03 bits per heavy atom. The van der Waals surface area contributed by atoms with Crippen molar-refractivity contribution in [2.75, 3.05) is 63.6 Å². The third-order valence-electron chi connectivity index (χ3n) is 6.49. The van der Waals surface area contributed by atoms with E-state index in [0.717, 1.165) is 43.8 Å². The van der Waals surface area contributed by atoms with E-state index in [1.165, 1.54) is 4.52 Å². The second kappa shape index (κ2) is 10.1. The fraction of sp³-hybridized carbons (Fsp3) is 0.360. The molecule has 5 aromatic rings. The van der Waals surface area contributed by atoms with Crippen LogP contribution in [0.15, 0.2) is 53.3 Å². The number of anilines is 2. The van der Waals surface area contributed by atoms with Crippen molar-refractivity contribution in [3.8, 4) is 17.3 Å². The van der Waals surface area contributed by atoms with Crippen LogP contribution in [0.3, 0.4) is 0 Å². The van der Waals surface area contributed by atoms with E-state index in [-0.39, 0.29) is 19.2 Å². The number of piperazine rings is 1. The maximum atomic E-state index is 7.05. The highest BCUT2D eigenvalue weighted by Crippen LogP contribution is 2.24. The third-order valence-corrected chi connectivity index (χ3v) is 6.49. The minimum atomic E-state index is -2.40. The monoisotopic (exact) mass is 506 g/mol. The molecule has 1 saturated heterocycles. The van der Waals surface area contributed by atoms with Gasteiger partial charge in [-0.1, -0.05) is 0 Å². The van der Waals surface area contributed by atoms with Gasteiger partial charge in [0.25, 0.3) is 0 Å². The van der Waals surface area contributed by atoms with Gasteiger partial charge >= 0.3 is 0 Å². The molecule has 2 N–H and O–H groups in total. The summed E-state index contributed by atoms with van der Waals surface area (Å²) >= 11 is 0. The average Bonchev–Trinajstić information content (AvgIpc) is 3.70. The molecule has 12 nitrogen and oxygen atoms in total. The van der Waals surface area contributed by atoms with Crippen LogP contribution in [0.5, 0.6) is 5.75 Å². The largest absolute Gasteiger partial charge is 0.491 e. The maximum absolute atomic E-state index is 7.05. The van der Waals surface area contributed by atoms with E-state index in [4.69, 9.17) is 23.7 Å². The Kier molecular flexibility index (Phi) is 5.43. The molecule has 0 aliphatic carbocycles. The van der Waals surface area contributed by atoms with Crippen molar-refractivity contribution in [2.24, 2.45) is 0 Å². The predicted octanol–water partition coefficient (Wildman–Crippen LogP) is 2.16. The van der Waals surface area contributed by atoms with Crippen molar-refractivity contribution in [3.05, 3.63) is 48.9 Å². The van der Waals surface area contributed by atoms with Crippen molar-refractivity contribution in [2.45, 2.75) is 6.54 Å². The molecule has 6 rings (SSSR count). The van der Waals surface area contributed by atoms with Gasteiger partial charge in [0.1, 0.15) is 12.4 Å². The van der Waals surface area contributed by atoms with Gasteiger partial charge in [-0.15, -0.1) is 5.10 Å². The predicted molar refractivity (Wildman–Crippen MR) is 139 cm³/mol. The molecular formula is C25H29N9O3. The number of benzene rings is 1. The van der Waals surface area contributed by atoms with Gasteiger partial charge in [0.15, 0.2) is 17.1 Å². The standard InChI is InChI=1S/C25H29N9O3/c1-35-15-16-36-19-6-4-18(5-7-19)32-11-8-31(9-12-32)10-13-33-23-20(17-27-33)24-28-22(21-3-2-14-37-21)30-34(24)25(26)29-23/h2-7,14,17H,8-13,15-16H2,1H3,(H2,26,29)/i1D3. The van der Waals surface area contributed by atoms with Crippen LogP contribution in [0, 0.1) is 0 Å². The fourth-order valence-corrected chi connectivity index (χ4v) is 4.55. The fourth-order valence-electron chi connectivity index (χ4n) is 4.55. The Morgan fingerprint density at radius 2 is 1.89 bits per heavy atom. The molecule has 1 aromatic carbocycles. The summed E-state index contributed by atoms with van der Waals surface area (Å²) in [6.45, 7) is 5.31.